The van der Waals surface area contributed by atoms with Crippen LogP contribution < -0.4 is 10.2 Å². The topological polar surface area (TPSA) is 49.4 Å². The van der Waals surface area contributed by atoms with Crippen LogP contribution in [0.25, 0.3) is 0 Å². The Labute approximate surface area is 92.0 Å². The first-order chi connectivity index (χ1) is 7.58. The Hall–Kier alpha value is -1.91. The van der Waals surface area contributed by atoms with E-state index in [1.165, 1.54) is 11.0 Å². The Kier molecular flexibility index (Phi) is 2.60. The van der Waals surface area contributed by atoms with Crippen molar-refractivity contribution in [2.24, 2.45) is 0 Å². The smallest absolute Gasteiger partial charge is 0.246 e. The molecule has 2 rings (SSSR count). The van der Waals surface area contributed by atoms with Crippen LogP contribution in [0, 0.1) is 12.7 Å². The van der Waals surface area contributed by atoms with Crippen molar-refractivity contribution in [1.29, 1.82) is 0 Å². The van der Waals surface area contributed by atoms with Crippen molar-refractivity contribution in [3.8, 4) is 0 Å². The number of imide groups is 1. The lowest BCUT2D eigenvalue weighted by molar-refractivity contribution is -0.130. The summed E-state index contributed by atoms with van der Waals surface area (Å²) in [6, 6.07) is 4.66. The number of nitrogens with one attached hydrogen (secondary N) is 1. The summed E-state index contributed by atoms with van der Waals surface area (Å²) in [6.45, 7) is 1.76. The van der Waals surface area contributed by atoms with Crippen molar-refractivity contribution in [1.82, 2.24) is 5.32 Å². The molecule has 4 nitrogen and oxygen atoms in total. The van der Waals surface area contributed by atoms with Crippen LogP contribution in [0.4, 0.5) is 10.1 Å². The largest absolute Gasteiger partial charge is 0.350 e. The predicted molar refractivity (Wildman–Crippen MR) is 56.5 cm³/mol. The van der Waals surface area contributed by atoms with Gasteiger partial charge in [-0.25, -0.2) is 4.39 Å². The monoisotopic (exact) mass is 222 g/mol. The summed E-state index contributed by atoms with van der Waals surface area (Å²) in [5, 5.41) is 2.18. The quantitative estimate of drug-likeness (QED) is 0.708. The van der Waals surface area contributed by atoms with Gasteiger partial charge in [0.15, 0.2) is 0 Å². The van der Waals surface area contributed by atoms with E-state index in [1.54, 1.807) is 19.1 Å². The fourth-order valence-electron chi connectivity index (χ4n) is 1.82. The number of amides is 2. The third kappa shape index (κ3) is 1.88. The number of para-hydroxylation sites is 1. The van der Waals surface area contributed by atoms with Crippen LogP contribution in [0.15, 0.2) is 18.2 Å². The zero-order chi connectivity index (χ0) is 11.7. The van der Waals surface area contributed by atoms with E-state index in [1.807, 2.05) is 0 Å². The maximum atomic E-state index is 13.6. The SMILES string of the molecule is Cc1cccc(F)c1N1CC(=O)NC(=O)C1. The standard InChI is InChI=1S/C11H11FN2O2/c1-7-3-2-4-8(12)11(7)14-5-9(15)13-10(16)6-14/h2-4H,5-6H2,1H3,(H,13,15,16). The molecule has 1 aromatic rings. The lowest BCUT2D eigenvalue weighted by Gasteiger charge is -2.28. The van der Waals surface area contributed by atoms with Crippen molar-refractivity contribution >= 4 is 17.5 Å². The van der Waals surface area contributed by atoms with Gasteiger partial charge in [0.25, 0.3) is 0 Å². The maximum Gasteiger partial charge on any atom is 0.246 e. The number of piperazine rings is 1. The molecule has 0 atom stereocenters. The van der Waals surface area contributed by atoms with Crippen LogP contribution in [0.1, 0.15) is 5.56 Å². The molecule has 0 saturated carbocycles. The van der Waals surface area contributed by atoms with Crippen molar-refractivity contribution in [3.05, 3.63) is 29.6 Å². The van der Waals surface area contributed by atoms with E-state index in [4.69, 9.17) is 0 Å². The van der Waals surface area contributed by atoms with Gasteiger partial charge in [-0.05, 0) is 18.6 Å². The second kappa shape index (κ2) is 3.92. The van der Waals surface area contributed by atoms with Gasteiger partial charge < -0.3 is 4.90 Å². The second-order valence-corrected chi connectivity index (χ2v) is 3.73. The van der Waals surface area contributed by atoms with Gasteiger partial charge >= 0.3 is 0 Å². The van der Waals surface area contributed by atoms with Gasteiger partial charge in [-0.15, -0.1) is 0 Å². The zero-order valence-corrected chi connectivity index (χ0v) is 8.79. The summed E-state index contributed by atoms with van der Waals surface area (Å²) in [7, 11) is 0. The summed E-state index contributed by atoms with van der Waals surface area (Å²) in [4.78, 5) is 23.8. The second-order valence-electron chi connectivity index (χ2n) is 3.73. The van der Waals surface area contributed by atoms with E-state index in [2.05, 4.69) is 5.32 Å². The van der Waals surface area contributed by atoms with Gasteiger partial charge in [0.1, 0.15) is 5.82 Å². The molecule has 2 amide bonds. The predicted octanol–water partition coefficient (Wildman–Crippen LogP) is 0.597. The number of hydrogen-bond donors (Lipinski definition) is 1. The summed E-state index contributed by atoms with van der Waals surface area (Å²) in [6.07, 6.45) is 0. The van der Waals surface area contributed by atoms with Gasteiger partial charge in [-0.3, -0.25) is 14.9 Å². The van der Waals surface area contributed by atoms with Crippen molar-refractivity contribution in [3.63, 3.8) is 0 Å². The lowest BCUT2D eigenvalue weighted by Crippen LogP contribution is -2.51. The van der Waals surface area contributed by atoms with E-state index in [0.29, 0.717) is 11.3 Å². The highest BCUT2D eigenvalue weighted by atomic mass is 19.1. The molecule has 84 valence electrons. The molecule has 5 heteroatoms. The number of carbonyl (C=O) groups excluding carboxylic acids is 2. The molecule has 1 aliphatic heterocycles. The molecular formula is C11H11FN2O2. The number of aryl methyl sites for hydroxylation is 1. The average Bonchev–Trinajstić information content (AvgIpc) is 2.15. The first-order valence-corrected chi connectivity index (χ1v) is 4.90. The Bertz CT molecular complexity index is 423. The number of hydrogen-bond acceptors (Lipinski definition) is 3. The highest BCUT2D eigenvalue weighted by molar-refractivity contribution is 6.02. The summed E-state index contributed by atoms with van der Waals surface area (Å²) in [5.41, 5.74) is 1.04. The van der Waals surface area contributed by atoms with E-state index < -0.39 is 17.6 Å². The first kappa shape index (κ1) is 10.6. The normalized spacial score (nSPS) is 16.2. The van der Waals surface area contributed by atoms with Crippen LogP contribution in [0.3, 0.4) is 0 Å². The Morgan fingerprint density at radius 3 is 2.44 bits per heavy atom. The molecule has 16 heavy (non-hydrogen) atoms. The fraction of sp³-hybridized carbons (Fsp3) is 0.273. The lowest BCUT2D eigenvalue weighted by atomic mass is 10.1. The van der Waals surface area contributed by atoms with Crippen molar-refractivity contribution in [2.45, 2.75) is 6.92 Å². The van der Waals surface area contributed by atoms with E-state index in [0.717, 1.165) is 0 Å². The van der Waals surface area contributed by atoms with Crippen LogP contribution in [0.5, 0.6) is 0 Å². The van der Waals surface area contributed by atoms with Gasteiger partial charge in [0.2, 0.25) is 11.8 Å². The Morgan fingerprint density at radius 2 is 1.88 bits per heavy atom. The van der Waals surface area contributed by atoms with Gasteiger partial charge in [0, 0.05) is 0 Å². The molecule has 1 N–H and O–H groups in total. The molecule has 1 aliphatic rings. The van der Waals surface area contributed by atoms with Crippen LogP contribution in [0.2, 0.25) is 0 Å². The third-order valence-corrected chi connectivity index (χ3v) is 2.45. The molecule has 0 spiro atoms. The number of nitrogens with zero attached hydrogens (tertiary/aromatic N) is 1. The van der Waals surface area contributed by atoms with E-state index in [9.17, 15) is 14.0 Å². The minimum absolute atomic E-state index is 0.00745. The molecule has 1 saturated heterocycles. The summed E-state index contributed by atoms with van der Waals surface area (Å²) >= 11 is 0. The Balaban J connectivity index is 2.36. The van der Waals surface area contributed by atoms with Crippen LogP contribution in [-0.2, 0) is 9.59 Å². The molecule has 1 aromatic carbocycles. The molecule has 0 radical (unpaired) electrons. The van der Waals surface area contributed by atoms with Gasteiger partial charge in [0.05, 0.1) is 18.8 Å². The average molecular weight is 222 g/mol. The number of carbonyl (C=O) groups is 2. The maximum absolute atomic E-state index is 13.6. The number of rotatable bonds is 1. The Morgan fingerprint density at radius 1 is 1.25 bits per heavy atom. The summed E-state index contributed by atoms with van der Waals surface area (Å²) < 4.78 is 13.6. The molecule has 0 bridgehead atoms. The number of benzene rings is 1. The number of halogens is 1. The molecule has 0 unspecified atom stereocenters. The minimum Gasteiger partial charge on any atom is -0.350 e. The van der Waals surface area contributed by atoms with Crippen LogP contribution >= 0.6 is 0 Å². The molecular weight excluding hydrogens is 211 g/mol. The number of anilines is 1. The zero-order valence-electron chi connectivity index (χ0n) is 8.79. The fourth-order valence-corrected chi connectivity index (χ4v) is 1.82. The van der Waals surface area contributed by atoms with Crippen molar-refractivity contribution in [2.75, 3.05) is 18.0 Å². The molecule has 0 aromatic heterocycles. The van der Waals surface area contributed by atoms with Gasteiger partial charge in [-0.2, -0.15) is 0 Å². The van der Waals surface area contributed by atoms with Crippen molar-refractivity contribution < 1.29 is 14.0 Å². The van der Waals surface area contributed by atoms with Crippen LogP contribution in [-0.4, -0.2) is 24.9 Å². The molecule has 0 aliphatic carbocycles. The third-order valence-electron chi connectivity index (χ3n) is 2.45. The van der Waals surface area contributed by atoms with E-state index >= 15 is 0 Å². The highest BCUT2D eigenvalue weighted by Crippen LogP contribution is 2.24. The highest BCUT2D eigenvalue weighted by Gasteiger charge is 2.25. The molecule has 1 fully saturated rings. The minimum atomic E-state index is -0.414. The first-order valence-electron chi connectivity index (χ1n) is 4.90. The summed E-state index contributed by atoms with van der Waals surface area (Å²) in [5.74, 6) is -1.22. The molecule has 1 heterocycles. The van der Waals surface area contributed by atoms with E-state index in [-0.39, 0.29) is 13.1 Å². The van der Waals surface area contributed by atoms with Gasteiger partial charge in [-0.1, -0.05) is 12.1 Å².